The average Bonchev–Trinajstić information content (AvgIpc) is 2.29. The minimum atomic E-state index is -0.191. The predicted molar refractivity (Wildman–Crippen MR) is 56.2 cm³/mol. The quantitative estimate of drug-likeness (QED) is 0.666. The van der Waals surface area contributed by atoms with Crippen LogP contribution in [0.2, 0.25) is 0 Å². The van der Waals surface area contributed by atoms with E-state index in [0.717, 1.165) is 24.1 Å². The van der Waals surface area contributed by atoms with Crippen molar-refractivity contribution in [2.45, 2.75) is 12.5 Å². The fraction of sp³-hybridized carbons (Fsp3) is 0.455. The fourth-order valence-electron chi connectivity index (χ4n) is 2.04. The van der Waals surface area contributed by atoms with Gasteiger partial charge < -0.3 is 20.3 Å². The van der Waals surface area contributed by atoms with Crippen LogP contribution in [0, 0.1) is 0 Å². The molecular formula is C11H15NO3. The first-order valence-corrected chi connectivity index (χ1v) is 5.01. The molecule has 0 aromatic heterocycles. The number of hydrogen-bond donors (Lipinski definition) is 3. The van der Waals surface area contributed by atoms with Gasteiger partial charge in [0.1, 0.15) is 0 Å². The second-order valence-electron chi connectivity index (χ2n) is 3.63. The summed E-state index contributed by atoms with van der Waals surface area (Å²) in [5.74, 6) is 0.595. The number of nitrogens with one attached hydrogen (secondary N) is 1. The van der Waals surface area contributed by atoms with Crippen LogP contribution in [-0.4, -0.2) is 30.5 Å². The van der Waals surface area contributed by atoms with E-state index in [0.29, 0.717) is 5.75 Å². The summed E-state index contributed by atoms with van der Waals surface area (Å²) in [4.78, 5) is 0. The summed E-state index contributed by atoms with van der Waals surface area (Å²) in [5, 5.41) is 22.3. The van der Waals surface area contributed by atoms with Crippen molar-refractivity contribution >= 4 is 0 Å². The molecule has 4 heteroatoms. The number of aliphatic hydroxyl groups is 1. The molecular weight excluding hydrogens is 194 g/mol. The van der Waals surface area contributed by atoms with Gasteiger partial charge in [-0.05, 0) is 24.6 Å². The minimum absolute atomic E-state index is 0.0201. The normalized spacial score (nSPS) is 19.7. The molecule has 1 aliphatic heterocycles. The number of aliphatic hydroxyl groups excluding tert-OH is 1. The minimum Gasteiger partial charge on any atom is -0.504 e. The van der Waals surface area contributed by atoms with E-state index in [-0.39, 0.29) is 18.4 Å². The number of fused-ring (bicyclic) bond motifs is 1. The molecule has 2 rings (SSSR count). The Morgan fingerprint density at radius 1 is 1.53 bits per heavy atom. The number of phenolic OH excluding ortho intramolecular Hbond substituents is 1. The van der Waals surface area contributed by atoms with E-state index in [2.05, 4.69) is 5.32 Å². The largest absolute Gasteiger partial charge is 0.504 e. The SMILES string of the molecule is COc1ccc2c(c1O)C(CO)NCC2. The molecule has 0 aliphatic carbocycles. The van der Waals surface area contributed by atoms with Gasteiger partial charge >= 0.3 is 0 Å². The Balaban J connectivity index is 2.51. The molecule has 0 amide bonds. The van der Waals surface area contributed by atoms with Crippen molar-refractivity contribution in [2.75, 3.05) is 20.3 Å². The number of benzene rings is 1. The Morgan fingerprint density at radius 3 is 3.00 bits per heavy atom. The molecule has 1 atom stereocenters. The summed E-state index contributed by atoms with van der Waals surface area (Å²) in [6.45, 7) is 0.803. The summed E-state index contributed by atoms with van der Waals surface area (Å²) in [5.41, 5.74) is 1.84. The van der Waals surface area contributed by atoms with Gasteiger partial charge in [-0.25, -0.2) is 0 Å². The average molecular weight is 209 g/mol. The molecule has 0 radical (unpaired) electrons. The van der Waals surface area contributed by atoms with Crippen molar-refractivity contribution in [1.82, 2.24) is 5.32 Å². The maximum atomic E-state index is 9.96. The molecule has 0 bridgehead atoms. The molecule has 3 N–H and O–H groups in total. The molecule has 1 aromatic carbocycles. The van der Waals surface area contributed by atoms with Crippen molar-refractivity contribution in [3.8, 4) is 11.5 Å². The number of phenols is 1. The number of hydrogen-bond acceptors (Lipinski definition) is 4. The van der Waals surface area contributed by atoms with Gasteiger partial charge in [-0.15, -0.1) is 0 Å². The second kappa shape index (κ2) is 4.08. The Morgan fingerprint density at radius 2 is 2.33 bits per heavy atom. The lowest BCUT2D eigenvalue weighted by molar-refractivity contribution is 0.235. The van der Waals surface area contributed by atoms with Crippen LogP contribution in [0.25, 0.3) is 0 Å². The van der Waals surface area contributed by atoms with Gasteiger partial charge in [0, 0.05) is 5.56 Å². The van der Waals surface area contributed by atoms with E-state index in [1.54, 1.807) is 6.07 Å². The summed E-state index contributed by atoms with van der Waals surface area (Å²) in [6, 6.07) is 3.51. The van der Waals surface area contributed by atoms with E-state index in [1.807, 2.05) is 6.07 Å². The van der Waals surface area contributed by atoms with Crippen molar-refractivity contribution < 1.29 is 14.9 Å². The number of methoxy groups -OCH3 is 1. The lowest BCUT2D eigenvalue weighted by atomic mass is 9.93. The first-order valence-electron chi connectivity index (χ1n) is 5.01. The fourth-order valence-corrected chi connectivity index (χ4v) is 2.04. The smallest absolute Gasteiger partial charge is 0.162 e. The van der Waals surface area contributed by atoms with Crippen LogP contribution in [-0.2, 0) is 6.42 Å². The molecule has 1 aromatic rings. The Labute approximate surface area is 88.5 Å². The summed E-state index contributed by atoms with van der Waals surface area (Å²) in [7, 11) is 1.52. The van der Waals surface area contributed by atoms with Crippen LogP contribution in [0.15, 0.2) is 12.1 Å². The monoisotopic (exact) mass is 209 g/mol. The third-order valence-corrected chi connectivity index (χ3v) is 2.81. The topological polar surface area (TPSA) is 61.7 Å². The highest BCUT2D eigenvalue weighted by Gasteiger charge is 2.24. The first kappa shape index (κ1) is 10.3. The van der Waals surface area contributed by atoms with Crippen LogP contribution >= 0.6 is 0 Å². The first-order chi connectivity index (χ1) is 7.27. The second-order valence-corrected chi connectivity index (χ2v) is 3.63. The van der Waals surface area contributed by atoms with Gasteiger partial charge in [0.25, 0.3) is 0 Å². The summed E-state index contributed by atoms with van der Waals surface area (Å²) in [6.07, 6.45) is 0.864. The standard InChI is InChI=1S/C11H15NO3/c1-15-9-3-2-7-4-5-12-8(6-13)10(7)11(9)14/h2-3,8,12-14H,4-6H2,1H3. The third kappa shape index (κ3) is 1.66. The van der Waals surface area contributed by atoms with E-state index in [1.165, 1.54) is 7.11 Å². The zero-order valence-electron chi connectivity index (χ0n) is 8.66. The zero-order chi connectivity index (χ0) is 10.8. The maximum absolute atomic E-state index is 9.96. The van der Waals surface area contributed by atoms with Gasteiger partial charge in [0.15, 0.2) is 11.5 Å². The van der Waals surface area contributed by atoms with Crippen LogP contribution in [0.1, 0.15) is 17.2 Å². The van der Waals surface area contributed by atoms with Crippen molar-refractivity contribution in [3.63, 3.8) is 0 Å². The van der Waals surface area contributed by atoms with Crippen molar-refractivity contribution in [1.29, 1.82) is 0 Å². The number of ether oxygens (including phenoxy) is 1. The van der Waals surface area contributed by atoms with E-state index < -0.39 is 0 Å². The van der Waals surface area contributed by atoms with Gasteiger partial charge in [0.05, 0.1) is 19.8 Å². The molecule has 0 fully saturated rings. The number of rotatable bonds is 2. The van der Waals surface area contributed by atoms with Crippen LogP contribution < -0.4 is 10.1 Å². The van der Waals surface area contributed by atoms with Crippen molar-refractivity contribution in [2.24, 2.45) is 0 Å². The van der Waals surface area contributed by atoms with Gasteiger partial charge in [0.2, 0.25) is 0 Å². The molecule has 15 heavy (non-hydrogen) atoms. The number of aromatic hydroxyl groups is 1. The lowest BCUT2D eigenvalue weighted by Crippen LogP contribution is -2.32. The highest BCUT2D eigenvalue weighted by molar-refractivity contribution is 5.52. The lowest BCUT2D eigenvalue weighted by Gasteiger charge is -2.26. The Kier molecular flexibility index (Phi) is 2.79. The molecule has 0 spiro atoms. The summed E-state index contributed by atoms with van der Waals surface area (Å²) >= 11 is 0. The Hall–Kier alpha value is -1.26. The van der Waals surface area contributed by atoms with Gasteiger partial charge in [-0.2, -0.15) is 0 Å². The van der Waals surface area contributed by atoms with E-state index in [4.69, 9.17) is 4.74 Å². The predicted octanol–water partition coefficient (Wildman–Crippen LogP) is 0.580. The molecule has 4 nitrogen and oxygen atoms in total. The molecule has 1 unspecified atom stereocenters. The molecule has 82 valence electrons. The van der Waals surface area contributed by atoms with E-state index >= 15 is 0 Å². The highest BCUT2D eigenvalue weighted by atomic mass is 16.5. The van der Waals surface area contributed by atoms with Crippen molar-refractivity contribution in [3.05, 3.63) is 23.3 Å². The van der Waals surface area contributed by atoms with Crippen LogP contribution in [0.3, 0.4) is 0 Å². The molecule has 0 saturated heterocycles. The third-order valence-electron chi connectivity index (χ3n) is 2.81. The summed E-state index contributed by atoms with van der Waals surface area (Å²) < 4.78 is 5.04. The molecule has 1 heterocycles. The molecule has 0 saturated carbocycles. The Bertz CT molecular complexity index is 365. The molecule has 1 aliphatic rings. The van der Waals surface area contributed by atoms with E-state index in [9.17, 15) is 10.2 Å². The maximum Gasteiger partial charge on any atom is 0.162 e. The van der Waals surface area contributed by atoms with Gasteiger partial charge in [-0.3, -0.25) is 0 Å². The van der Waals surface area contributed by atoms with Crippen LogP contribution in [0.4, 0.5) is 0 Å². The highest BCUT2D eigenvalue weighted by Crippen LogP contribution is 2.37. The zero-order valence-corrected chi connectivity index (χ0v) is 8.66. The van der Waals surface area contributed by atoms with Gasteiger partial charge in [-0.1, -0.05) is 6.07 Å². The van der Waals surface area contributed by atoms with Crippen LogP contribution in [0.5, 0.6) is 11.5 Å².